The quantitative estimate of drug-likeness (QED) is 0.109. The van der Waals surface area contributed by atoms with Crippen molar-refractivity contribution >= 4 is 24.2 Å². The summed E-state index contributed by atoms with van der Waals surface area (Å²) in [6.45, 7) is 9.71. The van der Waals surface area contributed by atoms with Crippen LogP contribution in [0.15, 0.2) is 18.2 Å². The molecule has 11 nitrogen and oxygen atoms in total. The molecular weight excluding hydrogens is 510 g/mol. The lowest BCUT2D eigenvalue weighted by molar-refractivity contribution is -0.146. The van der Waals surface area contributed by atoms with Crippen molar-refractivity contribution in [3.63, 3.8) is 0 Å². The molecule has 0 saturated carbocycles. The van der Waals surface area contributed by atoms with Gasteiger partial charge in [-0.15, -0.1) is 0 Å². The van der Waals surface area contributed by atoms with Gasteiger partial charge in [0.1, 0.15) is 6.04 Å². The zero-order valence-corrected chi connectivity index (χ0v) is 23.6. The molecule has 0 radical (unpaired) electrons. The van der Waals surface area contributed by atoms with E-state index in [-0.39, 0.29) is 49.6 Å². The van der Waals surface area contributed by atoms with Gasteiger partial charge in [0.2, 0.25) is 0 Å². The maximum atomic E-state index is 12.3. The standard InChI is InChI=1S/C28H43NO10/c1-6-9-13-35-27(33)38-21-12-11-20(16-22(21)39-28(34)36-14-10-7-2)24(25(29)26(31)32)19(5)17-37-23(30)15-18(4)8-3/h11-12,16,18-19,24-25H,6-10,13-15,17,29H2,1-5H3,(H,31,32)/t18?,19?,24?,25-/m0/s1. The van der Waals surface area contributed by atoms with Crippen LogP contribution < -0.4 is 15.2 Å². The number of carbonyl (C=O) groups excluding carboxylic acids is 3. The van der Waals surface area contributed by atoms with E-state index in [1.54, 1.807) is 6.92 Å². The van der Waals surface area contributed by atoms with Gasteiger partial charge in [-0.05, 0) is 42.4 Å². The van der Waals surface area contributed by atoms with Gasteiger partial charge in [0.05, 0.1) is 19.8 Å². The minimum Gasteiger partial charge on any atom is -0.480 e. The highest BCUT2D eigenvalue weighted by Gasteiger charge is 2.33. The van der Waals surface area contributed by atoms with Crippen LogP contribution in [0.1, 0.15) is 84.6 Å². The minimum atomic E-state index is -1.37. The average molecular weight is 554 g/mol. The van der Waals surface area contributed by atoms with Crippen LogP contribution >= 0.6 is 0 Å². The van der Waals surface area contributed by atoms with Crippen molar-refractivity contribution in [3.05, 3.63) is 23.8 Å². The molecular formula is C28H43NO10. The summed E-state index contributed by atoms with van der Waals surface area (Å²) in [7, 11) is 0. The molecule has 0 saturated heterocycles. The van der Waals surface area contributed by atoms with Crippen molar-refractivity contribution in [2.24, 2.45) is 17.6 Å². The number of carboxylic acid groups (broad SMARTS) is 1. The normalized spacial score (nSPS) is 13.9. The summed E-state index contributed by atoms with van der Waals surface area (Å²) in [5.74, 6) is -3.16. The lowest BCUT2D eigenvalue weighted by Crippen LogP contribution is -2.40. The van der Waals surface area contributed by atoms with E-state index in [1.807, 2.05) is 27.7 Å². The maximum absolute atomic E-state index is 12.3. The predicted molar refractivity (Wildman–Crippen MR) is 143 cm³/mol. The number of carbonyl (C=O) groups is 4. The van der Waals surface area contributed by atoms with Gasteiger partial charge in [-0.3, -0.25) is 9.59 Å². The zero-order valence-electron chi connectivity index (χ0n) is 23.6. The molecule has 0 spiro atoms. The summed E-state index contributed by atoms with van der Waals surface area (Å²) in [5.41, 5.74) is 6.42. The fourth-order valence-electron chi connectivity index (χ4n) is 3.59. The lowest BCUT2D eigenvalue weighted by Gasteiger charge is -2.28. The highest BCUT2D eigenvalue weighted by atomic mass is 16.7. The van der Waals surface area contributed by atoms with Gasteiger partial charge in [-0.2, -0.15) is 0 Å². The molecule has 0 aromatic heterocycles. The number of unbranched alkanes of at least 4 members (excludes halogenated alkanes) is 2. The monoisotopic (exact) mass is 553 g/mol. The first kappa shape index (κ1) is 33.7. The molecule has 3 N–H and O–H groups in total. The van der Waals surface area contributed by atoms with E-state index in [4.69, 9.17) is 29.4 Å². The number of carboxylic acids is 1. The Kier molecular flexibility index (Phi) is 15.6. The molecule has 1 aromatic carbocycles. The molecule has 4 atom stereocenters. The summed E-state index contributed by atoms with van der Waals surface area (Å²) in [5, 5.41) is 9.68. The van der Waals surface area contributed by atoms with Crippen LogP contribution in [0.3, 0.4) is 0 Å². The first-order valence-corrected chi connectivity index (χ1v) is 13.5. The molecule has 0 bridgehead atoms. The number of esters is 1. The third-order valence-corrected chi connectivity index (χ3v) is 6.18. The average Bonchev–Trinajstić information content (AvgIpc) is 2.89. The third kappa shape index (κ3) is 12.4. The van der Waals surface area contributed by atoms with Crippen molar-refractivity contribution in [1.82, 2.24) is 0 Å². The number of ether oxygens (including phenoxy) is 5. The highest BCUT2D eigenvalue weighted by Crippen LogP contribution is 2.36. The van der Waals surface area contributed by atoms with E-state index in [0.29, 0.717) is 18.4 Å². The van der Waals surface area contributed by atoms with Crippen LogP contribution in [0.5, 0.6) is 11.5 Å². The predicted octanol–water partition coefficient (Wildman–Crippen LogP) is 5.43. The van der Waals surface area contributed by atoms with Crippen molar-refractivity contribution in [2.75, 3.05) is 19.8 Å². The molecule has 11 heteroatoms. The number of hydrogen-bond donors (Lipinski definition) is 2. The van der Waals surface area contributed by atoms with Gasteiger partial charge >= 0.3 is 24.2 Å². The van der Waals surface area contributed by atoms with Crippen LogP contribution in [0.2, 0.25) is 0 Å². The Morgan fingerprint density at radius 3 is 1.95 bits per heavy atom. The summed E-state index contributed by atoms with van der Waals surface area (Å²) >= 11 is 0. The summed E-state index contributed by atoms with van der Waals surface area (Å²) in [6, 6.07) is 2.85. The fraction of sp³-hybridized carbons (Fsp3) is 0.643. The molecule has 3 unspecified atom stereocenters. The molecule has 220 valence electrons. The van der Waals surface area contributed by atoms with Gasteiger partial charge in [0.15, 0.2) is 11.5 Å². The van der Waals surface area contributed by atoms with Gasteiger partial charge in [-0.25, -0.2) is 9.59 Å². The molecule has 1 rings (SSSR count). The zero-order chi connectivity index (χ0) is 29.4. The molecule has 0 amide bonds. The van der Waals surface area contributed by atoms with E-state index in [9.17, 15) is 24.3 Å². The van der Waals surface area contributed by atoms with Crippen molar-refractivity contribution in [1.29, 1.82) is 0 Å². The second-order valence-corrected chi connectivity index (χ2v) is 9.58. The number of aliphatic carboxylic acids is 1. The second-order valence-electron chi connectivity index (χ2n) is 9.58. The molecule has 0 heterocycles. The SMILES string of the molecule is CCCCOC(=O)Oc1ccc(C(C(C)COC(=O)CC(C)CC)[C@H](N)C(=O)O)cc1OC(=O)OCCCC. The molecule has 0 aliphatic rings. The Bertz CT molecular complexity index is 935. The Morgan fingerprint density at radius 1 is 0.872 bits per heavy atom. The highest BCUT2D eigenvalue weighted by molar-refractivity contribution is 5.75. The van der Waals surface area contributed by atoms with E-state index >= 15 is 0 Å². The van der Waals surface area contributed by atoms with Crippen molar-refractivity contribution < 1.29 is 48.0 Å². The molecule has 0 aliphatic carbocycles. The van der Waals surface area contributed by atoms with Crippen LogP contribution in [0.25, 0.3) is 0 Å². The number of hydrogen-bond acceptors (Lipinski definition) is 10. The van der Waals surface area contributed by atoms with Gasteiger partial charge in [0.25, 0.3) is 0 Å². The first-order chi connectivity index (χ1) is 18.5. The number of benzene rings is 1. The van der Waals surface area contributed by atoms with E-state index in [1.165, 1.54) is 18.2 Å². The number of rotatable bonds is 17. The second kappa shape index (κ2) is 18.0. The van der Waals surface area contributed by atoms with Crippen molar-refractivity contribution in [3.8, 4) is 11.5 Å². The topological polar surface area (TPSA) is 161 Å². The van der Waals surface area contributed by atoms with E-state index in [0.717, 1.165) is 19.3 Å². The Balaban J connectivity index is 3.26. The van der Waals surface area contributed by atoms with Gasteiger partial charge < -0.3 is 34.5 Å². The molecule has 1 aromatic rings. The third-order valence-electron chi connectivity index (χ3n) is 6.18. The Morgan fingerprint density at radius 2 is 1.44 bits per heavy atom. The van der Waals surface area contributed by atoms with Crippen LogP contribution in [-0.4, -0.2) is 55.2 Å². The van der Waals surface area contributed by atoms with Crippen LogP contribution in [0.4, 0.5) is 9.59 Å². The fourth-order valence-corrected chi connectivity index (χ4v) is 3.59. The largest absolute Gasteiger partial charge is 0.513 e. The Hall–Kier alpha value is -3.34. The molecule has 39 heavy (non-hydrogen) atoms. The van der Waals surface area contributed by atoms with Crippen molar-refractivity contribution in [2.45, 2.75) is 85.1 Å². The summed E-state index contributed by atoms with van der Waals surface area (Å²) in [6.07, 6.45) is 1.96. The summed E-state index contributed by atoms with van der Waals surface area (Å²) < 4.78 is 26.0. The molecule has 0 aliphatic heterocycles. The molecule has 0 fully saturated rings. The van der Waals surface area contributed by atoms with Gasteiger partial charge in [0, 0.05) is 12.3 Å². The smallest absolute Gasteiger partial charge is 0.480 e. The first-order valence-electron chi connectivity index (χ1n) is 13.5. The van der Waals surface area contributed by atoms with Crippen LogP contribution in [0, 0.1) is 11.8 Å². The van der Waals surface area contributed by atoms with E-state index in [2.05, 4.69) is 0 Å². The number of nitrogens with two attached hydrogens (primary N) is 1. The maximum Gasteiger partial charge on any atom is 0.513 e. The van der Waals surface area contributed by atoms with E-state index < -0.39 is 36.2 Å². The van der Waals surface area contributed by atoms with Crippen LogP contribution in [-0.2, 0) is 23.8 Å². The minimum absolute atomic E-state index is 0.0713. The van der Waals surface area contributed by atoms with Gasteiger partial charge in [-0.1, -0.05) is 59.9 Å². The summed E-state index contributed by atoms with van der Waals surface area (Å²) in [4.78, 5) is 48.5. The lowest BCUT2D eigenvalue weighted by atomic mass is 9.82. The Labute approximate surface area is 230 Å².